The summed E-state index contributed by atoms with van der Waals surface area (Å²) < 4.78 is 5.03. The summed E-state index contributed by atoms with van der Waals surface area (Å²) in [6.07, 6.45) is 1.61. The summed E-state index contributed by atoms with van der Waals surface area (Å²) in [5.74, 6) is -0.130. The second-order valence-electron chi connectivity index (χ2n) is 4.88. The SMILES string of the molecule is COc1ccc(C(=O)NNC(=O)c2c[nH]c3ccccc23)cc1. The second kappa shape index (κ2) is 6.23. The molecule has 116 valence electrons. The van der Waals surface area contributed by atoms with Gasteiger partial charge in [-0.15, -0.1) is 0 Å². The van der Waals surface area contributed by atoms with Crippen LogP contribution in [0.3, 0.4) is 0 Å². The van der Waals surface area contributed by atoms with Crippen LogP contribution in [0.2, 0.25) is 0 Å². The van der Waals surface area contributed by atoms with Crippen molar-refractivity contribution in [3.8, 4) is 5.75 Å². The highest BCUT2D eigenvalue weighted by molar-refractivity contribution is 6.07. The first-order valence-corrected chi connectivity index (χ1v) is 7.00. The maximum atomic E-state index is 12.2. The average Bonchev–Trinajstić information content (AvgIpc) is 3.03. The van der Waals surface area contributed by atoms with Crippen molar-refractivity contribution >= 4 is 22.7 Å². The first-order chi connectivity index (χ1) is 11.2. The summed E-state index contributed by atoms with van der Waals surface area (Å²) in [4.78, 5) is 27.2. The molecular formula is C17H15N3O3. The number of nitrogens with one attached hydrogen (secondary N) is 3. The summed E-state index contributed by atoms with van der Waals surface area (Å²) in [6, 6.07) is 14.0. The van der Waals surface area contributed by atoms with Crippen LogP contribution in [0, 0.1) is 0 Å². The number of carbonyl (C=O) groups excluding carboxylic acids is 2. The molecule has 0 radical (unpaired) electrons. The van der Waals surface area contributed by atoms with Crippen molar-refractivity contribution in [3.63, 3.8) is 0 Å². The zero-order chi connectivity index (χ0) is 16.2. The van der Waals surface area contributed by atoms with Gasteiger partial charge in [0.2, 0.25) is 0 Å². The molecule has 23 heavy (non-hydrogen) atoms. The molecule has 0 atom stereocenters. The minimum atomic E-state index is -0.402. The highest BCUT2D eigenvalue weighted by atomic mass is 16.5. The van der Waals surface area contributed by atoms with Crippen LogP contribution in [0.1, 0.15) is 20.7 Å². The van der Waals surface area contributed by atoms with E-state index in [0.717, 1.165) is 10.9 Å². The normalized spacial score (nSPS) is 10.3. The minimum absolute atomic E-state index is 0.385. The van der Waals surface area contributed by atoms with Gasteiger partial charge in [0.05, 0.1) is 12.7 Å². The van der Waals surface area contributed by atoms with Crippen LogP contribution in [0.25, 0.3) is 10.9 Å². The Hall–Kier alpha value is -3.28. The van der Waals surface area contributed by atoms with E-state index in [1.54, 1.807) is 37.6 Å². The Morgan fingerprint density at radius 3 is 2.39 bits per heavy atom. The van der Waals surface area contributed by atoms with E-state index in [2.05, 4.69) is 15.8 Å². The molecule has 0 unspecified atom stereocenters. The lowest BCUT2D eigenvalue weighted by molar-refractivity contribution is 0.0847. The molecule has 0 saturated carbocycles. The molecular weight excluding hydrogens is 294 g/mol. The van der Waals surface area contributed by atoms with Crippen LogP contribution < -0.4 is 15.6 Å². The fourth-order valence-electron chi connectivity index (χ4n) is 2.25. The van der Waals surface area contributed by atoms with Crippen LogP contribution >= 0.6 is 0 Å². The summed E-state index contributed by atoms with van der Waals surface area (Å²) in [6.45, 7) is 0. The van der Waals surface area contributed by atoms with E-state index in [4.69, 9.17) is 4.74 Å². The van der Waals surface area contributed by atoms with Gasteiger partial charge in [-0.3, -0.25) is 20.4 Å². The number of benzene rings is 2. The maximum Gasteiger partial charge on any atom is 0.271 e. The van der Waals surface area contributed by atoms with Crippen molar-refractivity contribution in [3.05, 3.63) is 65.9 Å². The standard InChI is InChI=1S/C17H15N3O3/c1-23-12-8-6-11(7-9-12)16(21)19-20-17(22)14-10-18-15-5-3-2-4-13(14)15/h2-10,18H,1H3,(H,19,21)(H,20,22). The fraction of sp³-hybridized carbons (Fsp3) is 0.0588. The van der Waals surface area contributed by atoms with Crippen LogP contribution in [0.15, 0.2) is 54.7 Å². The molecule has 6 nitrogen and oxygen atoms in total. The molecule has 3 aromatic rings. The highest BCUT2D eigenvalue weighted by Crippen LogP contribution is 2.17. The van der Waals surface area contributed by atoms with E-state index in [-0.39, 0.29) is 5.91 Å². The minimum Gasteiger partial charge on any atom is -0.497 e. The van der Waals surface area contributed by atoms with Gasteiger partial charge in [0.1, 0.15) is 5.75 Å². The molecule has 3 N–H and O–H groups in total. The molecule has 0 aliphatic rings. The first-order valence-electron chi connectivity index (χ1n) is 7.00. The van der Waals surface area contributed by atoms with Gasteiger partial charge in [-0.1, -0.05) is 18.2 Å². The zero-order valence-electron chi connectivity index (χ0n) is 12.4. The number of hydrazine groups is 1. The van der Waals surface area contributed by atoms with Crippen molar-refractivity contribution in [2.24, 2.45) is 0 Å². The topological polar surface area (TPSA) is 83.2 Å². The Balaban J connectivity index is 1.67. The van der Waals surface area contributed by atoms with Gasteiger partial charge in [0.15, 0.2) is 0 Å². The lowest BCUT2D eigenvalue weighted by Crippen LogP contribution is -2.41. The van der Waals surface area contributed by atoms with Gasteiger partial charge >= 0.3 is 0 Å². The summed E-state index contributed by atoms with van der Waals surface area (Å²) >= 11 is 0. The predicted octanol–water partition coefficient (Wildman–Crippen LogP) is 2.25. The Morgan fingerprint density at radius 1 is 0.957 bits per heavy atom. The number of aromatic amines is 1. The Labute approximate surface area is 132 Å². The van der Waals surface area contributed by atoms with Gasteiger partial charge in [-0.25, -0.2) is 0 Å². The Kier molecular flexibility index (Phi) is 3.97. The molecule has 1 aromatic heterocycles. The number of H-pyrrole nitrogens is 1. The van der Waals surface area contributed by atoms with E-state index in [0.29, 0.717) is 16.9 Å². The molecule has 1 heterocycles. The number of ether oxygens (including phenoxy) is 1. The lowest BCUT2D eigenvalue weighted by atomic mass is 10.2. The molecule has 0 bridgehead atoms. The van der Waals surface area contributed by atoms with Crippen molar-refractivity contribution in [2.45, 2.75) is 0 Å². The quantitative estimate of drug-likeness (QED) is 0.649. The molecule has 6 heteroatoms. The number of amides is 2. The van der Waals surface area contributed by atoms with Gasteiger partial charge in [-0.2, -0.15) is 0 Å². The van der Waals surface area contributed by atoms with Crippen LogP contribution in [-0.4, -0.2) is 23.9 Å². The maximum absolute atomic E-state index is 12.2. The van der Waals surface area contributed by atoms with Crippen LogP contribution in [0.4, 0.5) is 0 Å². The predicted molar refractivity (Wildman–Crippen MR) is 86.2 cm³/mol. The van der Waals surface area contributed by atoms with E-state index in [1.165, 1.54) is 0 Å². The molecule has 2 amide bonds. The molecule has 0 aliphatic carbocycles. The summed E-state index contributed by atoms with van der Waals surface area (Å²) in [5.41, 5.74) is 6.56. The number of rotatable bonds is 3. The third kappa shape index (κ3) is 3.01. The molecule has 3 rings (SSSR count). The van der Waals surface area contributed by atoms with Gasteiger partial charge < -0.3 is 9.72 Å². The summed E-state index contributed by atoms with van der Waals surface area (Å²) in [7, 11) is 1.55. The van der Waals surface area contributed by atoms with Crippen molar-refractivity contribution in [1.82, 2.24) is 15.8 Å². The largest absolute Gasteiger partial charge is 0.497 e. The highest BCUT2D eigenvalue weighted by Gasteiger charge is 2.13. The number of hydrogen-bond acceptors (Lipinski definition) is 3. The number of fused-ring (bicyclic) bond motifs is 1. The van der Waals surface area contributed by atoms with Crippen molar-refractivity contribution in [2.75, 3.05) is 7.11 Å². The smallest absolute Gasteiger partial charge is 0.271 e. The van der Waals surface area contributed by atoms with E-state index in [1.807, 2.05) is 24.3 Å². The first kappa shape index (κ1) is 14.6. The Bertz CT molecular complexity index is 853. The van der Waals surface area contributed by atoms with Gasteiger partial charge in [0.25, 0.3) is 11.8 Å². The fourth-order valence-corrected chi connectivity index (χ4v) is 2.25. The van der Waals surface area contributed by atoms with E-state index < -0.39 is 5.91 Å². The van der Waals surface area contributed by atoms with Gasteiger partial charge in [0, 0.05) is 22.7 Å². The number of aromatic nitrogens is 1. The monoisotopic (exact) mass is 309 g/mol. The zero-order valence-corrected chi connectivity index (χ0v) is 12.4. The lowest BCUT2D eigenvalue weighted by Gasteiger charge is -2.07. The van der Waals surface area contributed by atoms with Crippen LogP contribution in [-0.2, 0) is 0 Å². The molecule has 2 aromatic carbocycles. The van der Waals surface area contributed by atoms with Crippen molar-refractivity contribution in [1.29, 1.82) is 0 Å². The van der Waals surface area contributed by atoms with Gasteiger partial charge in [-0.05, 0) is 30.3 Å². The average molecular weight is 309 g/mol. The van der Waals surface area contributed by atoms with E-state index in [9.17, 15) is 9.59 Å². The molecule has 0 aliphatic heterocycles. The summed E-state index contributed by atoms with van der Waals surface area (Å²) in [5, 5.41) is 0.795. The van der Waals surface area contributed by atoms with E-state index >= 15 is 0 Å². The third-order valence-corrected chi connectivity index (χ3v) is 3.48. The van der Waals surface area contributed by atoms with Crippen LogP contribution in [0.5, 0.6) is 5.75 Å². The number of hydrogen-bond donors (Lipinski definition) is 3. The second-order valence-corrected chi connectivity index (χ2v) is 4.88. The molecule has 0 spiro atoms. The molecule has 0 fully saturated rings. The number of methoxy groups -OCH3 is 1. The Morgan fingerprint density at radius 2 is 1.65 bits per heavy atom. The third-order valence-electron chi connectivity index (χ3n) is 3.48. The number of carbonyl (C=O) groups is 2. The molecule has 0 saturated heterocycles. The number of para-hydroxylation sites is 1. The van der Waals surface area contributed by atoms with Crippen molar-refractivity contribution < 1.29 is 14.3 Å².